The first kappa shape index (κ1) is 46.9. The minimum Gasteiger partial charge on any atom is -0.309 e. The van der Waals surface area contributed by atoms with Gasteiger partial charge in [0.1, 0.15) is 0 Å². The summed E-state index contributed by atoms with van der Waals surface area (Å²) in [5.41, 5.74) is 20.7. The van der Waals surface area contributed by atoms with Crippen LogP contribution >= 0.6 is 38.6 Å². The standard InChI is InChI=1S/C37H25NS.C23H14S.C15H13Br/c1-37(2)31-12-6-3-9-24(31)25-18-16-23(20-32(25)37)38-33-13-7-4-10-26(33)30-19-22-15-17-28-27-11-5-8-14-35(27)39-36(28)29(22)21-34(30)38;1-2-6-17-14(5-1)11-16-13-21-15(12-20(16)17)9-10-19-18-7-3-4-8-22(18)24-23(19)21;1-15(2)13-6-4-3-5-11(13)12-8-7-10(16)9-14(12)15/h3-21H,1-2H3;1-10,12-13H,11H2;3-9H,1-2H3. The van der Waals surface area contributed by atoms with Crippen LogP contribution in [0.15, 0.2) is 235 Å². The summed E-state index contributed by atoms with van der Waals surface area (Å²) in [6.45, 7) is 9.31. The molecule has 4 heteroatoms. The normalized spacial score (nSPS) is 14.0. The molecule has 0 bridgehead atoms. The molecule has 0 unspecified atom stereocenters. The van der Waals surface area contributed by atoms with Crippen LogP contribution in [-0.2, 0) is 17.3 Å². The molecule has 0 amide bonds. The number of rotatable bonds is 1. The van der Waals surface area contributed by atoms with E-state index in [2.05, 4.69) is 279 Å². The van der Waals surface area contributed by atoms with Gasteiger partial charge in [0.15, 0.2) is 0 Å². The van der Waals surface area contributed by atoms with Gasteiger partial charge < -0.3 is 4.57 Å². The Kier molecular flexibility index (Phi) is 10.4. The van der Waals surface area contributed by atoms with Crippen molar-refractivity contribution >= 4 is 122 Å². The van der Waals surface area contributed by atoms with E-state index in [4.69, 9.17) is 0 Å². The number of para-hydroxylation sites is 1. The van der Waals surface area contributed by atoms with Crippen molar-refractivity contribution in [2.24, 2.45) is 0 Å². The largest absolute Gasteiger partial charge is 0.309 e. The first-order valence-electron chi connectivity index (χ1n) is 27.5. The summed E-state index contributed by atoms with van der Waals surface area (Å²) in [6, 6.07) is 85.3. The van der Waals surface area contributed by atoms with Gasteiger partial charge in [-0.1, -0.05) is 207 Å². The first-order valence-corrected chi connectivity index (χ1v) is 29.9. The van der Waals surface area contributed by atoms with E-state index in [0.29, 0.717) is 0 Å². The van der Waals surface area contributed by atoms with E-state index in [-0.39, 0.29) is 10.8 Å². The van der Waals surface area contributed by atoms with Gasteiger partial charge in [-0.15, -0.1) is 22.7 Å². The monoisotopic (exact) mass is 1110 g/mol. The van der Waals surface area contributed by atoms with Crippen LogP contribution in [0.2, 0.25) is 0 Å². The Morgan fingerprint density at radius 1 is 0.342 bits per heavy atom. The molecule has 0 radical (unpaired) electrons. The molecular weight excluding hydrogens is 1060 g/mol. The number of benzene rings is 12. The van der Waals surface area contributed by atoms with Gasteiger partial charge in [-0.3, -0.25) is 0 Å². The lowest BCUT2D eigenvalue weighted by Crippen LogP contribution is -2.15. The van der Waals surface area contributed by atoms with Gasteiger partial charge >= 0.3 is 0 Å². The average Bonchev–Trinajstić information content (AvgIpc) is 4.47. The van der Waals surface area contributed by atoms with Crippen molar-refractivity contribution in [3.63, 3.8) is 0 Å². The highest BCUT2D eigenvalue weighted by Gasteiger charge is 2.36. The zero-order chi connectivity index (χ0) is 52.9. The quantitative estimate of drug-likeness (QED) is 0.154. The van der Waals surface area contributed by atoms with Gasteiger partial charge in [-0.05, 0) is 156 Å². The minimum atomic E-state index is -0.0311. The van der Waals surface area contributed by atoms with E-state index in [1.165, 1.54) is 156 Å². The lowest BCUT2D eigenvalue weighted by atomic mass is 9.82. The molecule has 3 aliphatic carbocycles. The van der Waals surface area contributed by atoms with Crippen LogP contribution in [0, 0.1) is 0 Å². The third-order valence-corrected chi connectivity index (χ3v) is 20.7. The Balaban J connectivity index is 0.000000110. The molecule has 0 fully saturated rings. The summed E-state index contributed by atoms with van der Waals surface area (Å²) in [7, 11) is 0. The molecule has 0 aliphatic heterocycles. The maximum Gasteiger partial charge on any atom is 0.0547 e. The summed E-state index contributed by atoms with van der Waals surface area (Å²) < 4.78 is 9.16. The van der Waals surface area contributed by atoms with Crippen LogP contribution in [0.4, 0.5) is 0 Å². The fourth-order valence-electron chi connectivity index (χ4n) is 13.9. The second-order valence-corrected chi connectivity index (χ2v) is 25.9. The summed E-state index contributed by atoms with van der Waals surface area (Å²) in [5, 5.41) is 13.5. The van der Waals surface area contributed by atoms with Crippen LogP contribution in [0.5, 0.6) is 0 Å². The third kappa shape index (κ3) is 7.04. The second-order valence-electron chi connectivity index (χ2n) is 22.8. The SMILES string of the molecule is CC1(C)c2ccccc2-c2ccc(-n3c4ccccc4c4cc5ccc6c7ccccc7sc6c5cc43)cc21.CC1(C)c2ccccc2-c2ccc(Br)cc21.c1ccc2c(c1)Cc1cc3c(ccc4c5ccccc5sc34)cc1-2. The number of hydrogen-bond acceptors (Lipinski definition) is 2. The van der Waals surface area contributed by atoms with E-state index in [0.717, 1.165) is 10.9 Å². The topological polar surface area (TPSA) is 4.93 Å². The fraction of sp³-hybridized carbons (Fsp3) is 0.0933. The Morgan fingerprint density at radius 2 is 0.861 bits per heavy atom. The summed E-state index contributed by atoms with van der Waals surface area (Å²) in [6.07, 6.45) is 1.06. The lowest BCUT2D eigenvalue weighted by Gasteiger charge is -2.22. The number of fused-ring (bicyclic) bond motifs is 22. The molecule has 0 atom stereocenters. The Morgan fingerprint density at radius 3 is 1.53 bits per heavy atom. The van der Waals surface area contributed by atoms with E-state index >= 15 is 0 Å². The molecule has 15 aromatic rings. The minimum absolute atomic E-state index is 0.0311. The molecule has 3 aromatic heterocycles. The maximum atomic E-state index is 3.56. The van der Waals surface area contributed by atoms with Crippen molar-refractivity contribution in [1.29, 1.82) is 0 Å². The number of thiophene rings is 2. The van der Waals surface area contributed by atoms with Gasteiger partial charge in [0, 0.05) is 77.5 Å². The predicted octanol–water partition coefficient (Wildman–Crippen LogP) is 22.1. The molecule has 12 aromatic carbocycles. The van der Waals surface area contributed by atoms with Crippen molar-refractivity contribution in [1.82, 2.24) is 4.57 Å². The van der Waals surface area contributed by atoms with E-state index in [9.17, 15) is 0 Å². The number of nitrogens with zero attached hydrogens (tertiary/aromatic N) is 1. The molecule has 3 aliphatic rings. The molecule has 3 heterocycles. The highest BCUT2D eigenvalue weighted by molar-refractivity contribution is 9.10. The van der Waals surface area contributed by atoms with Crippen molar-refractivity contribution < 1.29 is 0 Å². The predicted molar refractivity (Wildman–Crippen MR) is 346 cm³/mol. The van der Waals surface area contributed by atoms with E-state index < -0.39 is 0 Å². The van der Waals surface area contributed by atoms with Crippen LogP contribution in [0.25, 0.3) is 123 Å². The highest BCUT2D eigenvalue weighted by atomic mass is 79.9. The summed E-state index contributed by atoms with van der Waals surface area (Å²) in [5.74, 6) is 0. The van der Waals surface area contributed by atoms with Gasteiger partial charge in [-0.2, -0.15) is 0 Å². The molecular formula is C75H52BrNS2. The van der Waals surface area contributed by atoms with Crippen molar-refractivity contribution in [3.8, 4) is 39.1 Å². The van der Waals surface area contributed by atoms with Crippen molar-refractivity contribution in [2.45, 2.75) is 44.9 Å². The number of halogens is 1. The van der Waals surface area contributed by atoms with Gasteiger partial charge in [0.25, 0.3) is 0 Å². The fourth-order valence-corrected chi connectivity index (χ4v) is 16.7. The third-order valence-electron chi connectivity index (χ3n) is 17.8. The molecule has 79 heavy (non-hydrogen) atoms. The van der Waals surface area contributed by atoms with Gasteiger partial charge in [-0.25, -0.2) is 0 Å². The van der Waals surface area contributed by atoms with Crippen LogP contribution in [0.3, 0.4) is 0 Å². The molecule has 18 rings (SSSR count). The van der Waals surface area contributed by atoms with Gasteiger partial charge in [0.05, 0.1) is 11.0 Å². The smallest absolute Gasteiger partial charge is 0.0547 e. The lowest BCUT2D eigenvalue weighted by molar-refractivity contribution is 0.660. The Labute approximate surface area is 475 Å². The van der Waals surface area contributed by atoms with Crippen LogP contribution in [-0.4, -0.2) is 4.57 Å². The first-order chi connectivity index (χ1) is 38.6. The van der Waals surface area contributed by atoms with Crippen molar-refractivity contribution in [2.75, 3.05) is 0 Å². The number of hydrogen-bond donors (Lipinski definition) is 0. The Hall–Kier alpha value is -8.12. The van der Waals surface area contributed by atoms with E-state index in [1.54, 1.807) is 0 Å². The van der Waals surface area contributed by atoms with Crippen LogP contribution in [0.1, 0.15) is 61.1 Å². The van der Waals surface area contributed by atoms with Crippen molar-refractivity contribution in [3.05, 3.63) is 268 Å². The van der Waals surface area contributed by atoms with Gasteiger partial charge in [0.2, 0.25) is 0 Å². The average molecular weight is 1110 g/mol. The molecule has 0 spiro atoms. The summed E-state index contributed by atoms with van der Waals surface area (Å²) in [4.78, 5) is 0. The zero-order valence-electron chi connectivity index (χ0n) is 44.3. The molecule has 0 N–H and O–H groups in total. The molecule has 1 nitrogen and oxygen atoms in total. The maximum absolute atomic E-state index is 3.56. The number of aromatic nitrogens is 1. The summed E-state index contributed by atoms with van der Waals surface area (Å²) >= 11 is 7.39. The molecule has 0 saturated heterocycles. The highest BCUT2D eigenvalue weighted by Crippen LogP contribution is 2.52. The molecule has 0 saturated carbocycles. The second kappa shape index (κ2) is 17.4. The molecule has 376 valence electrons. The Bertz CT molecular complexity index is 5080. The van der Waals surface area contributed by atoms with Crippen LogP contribution < -0.4 is 0 Å². The van der Waals surface area contributed by atoms with E-state index in [1.807, 2.05) is 22.7 Å². The zero-order valence-corrected chi connectivity index (χ0v) is 47.5.